The van der Waals surface area contributed by atoms with Crippen LogP contribution in [-0.4, -0.2) is 44.1 Å². The Morgan fingerprint density at radius 1 is 1.12 bits per heavy atom. The molecule has 1 atom stereocenters. The van der Waals surface area contributed by atoms with Gasteiger partial charge in [0.15, 0.2) is 5.96 Å². The van der Waals surface area contributed by atoms with Crippen molar-refractivity contribution in [3.63, 3.8) is 0 Å². The molecule has 148 valence electrons. The Labute approximate surface area is 172 Å². The summed E-state index contributed by atoms with van der Waals surface area (Å²) in [5.74, 6) is 0.993. The third-order valence-corrected chi connectivity index (χ3v) is 3.24. The van der Waals surface area contributed by atoms with Crippen LogP contribution in [0.2, 0.25) is 0 Å². The quantitative estimate of drug-likeness (QED) is 0.220. The summed E-state index contributed by atoms with van der Waals surface area (Å²) in [6, 6.07) is 5.91. The number of aliphatic imine (C=N–C) groups is 1. The third-order valence-electron chi connectivity index (χ3n) is 3.24. The van der Waals surface area contributed by atoms with Gasteiger partial charge in [-0.2, -0.15) is 0 Å². The van der Waals surface area contributed by atoms with E-state index in [1.807, 2.05) is 27.7 Å². The summed E-state index contributed by atoms with van der Waals surface area (Å²) >= 11 is 0. The van der Waals surface area contributed by atoms with Gasteiger partial charge in [-0.1, -0.05) is 13.8 Å². The molecule has 26 heavy (non-hydrogen) atoms. The standard InChI is InChI=1S/C18H29FN4O2.HI/c1-5-20-18(22-11-10-21-17(24)13(2)3)23-12-14(4)25-16-8-6-15(19)7-9-16;/h6-9,13-14H,5,10-12H2,1-4H3,(H,21,24)(H2,20,22,23);1H. The molecule has 1 aromatic carbocycles. The number of benzene rings is 1. The molecule has 0 radical (unpaired) electrons. The number of hydrogen-bond acceptors (Lipinski definition) is 3. The highest BCUT2D eigenvalue weighted by molar-refractivity contribution is 14.0. The molecule has 0 saturated carbocycles. The van der Waals surface area contributed by atoms with Crippen molar-refractivity contribution in [3.8, 4) is 5.75 Å². The van der Waals surface area contributed by atoms with Crippen LogP contribution < -0.4 is 20.7 Å². The number of carbonyl (C=O) groups excluding carboxylic acids is 1. The Kier molecular flexibility index (Phi) is 12.8. The molecule has 0 aliphatic heterocycles. The molecule has 1 amide bonds. The van der Waals surface area contributed by atoms with Crippen molar-refractivity contribution >= 4 is 35.8 Å². The van der Waals surface area contributed by atoms with Crippen molar-refractivity contribution in [1.29, 1.82) is 0 Å². The lowest BCUT2D eigenvalue weighted by atomic mass is 10.2. The number of carbonyl (C=O) groups is 1. The van der Waals surface area contributed by atoms with Gasteiger partial charge in [-0.25, -0.2) is 9.38 Å². The first kappa shape index (κ1) is 24.4. The van der Waals surface area contributed by atoms with Crippen LogP contribution in [0.4, 0.5) is 4.39 Å². The zero-order valence-electron chi connectivity index (χ0n) is 15.8. The van der Waals surface area contributed by atoms with E-state index in [0.29, 0.717) is 31.3 Å². The van der Waals surface area contributed by atoms with E-state index in [9.17, 15) is 9.18 Å². The van der Waals surface area contributed by atoms with Gasteiger partial charge in [0.25, 0.3) is 0 Å². The molecule has 0 heterocycles. The summed E-state index contributed by atoms with van der Waals surface area (Å²) in [6.07, 6.45) is -0.151. The van der Waals surface area contributed by atoms with E-state index in [1.54, 1.807) is 12.1 Å². The van der Waals surface area contributed by atoms with Gasteiger partial charge in [0.2, 0.25) is 5.91 Å². The van der Waals surface area contributed by atoms with E-state index in [2.05, 4.69) is 20.9 Å². The lowest BCUT2D eigenvalue weighted by Gasteiger charge is -2.15. The Morgan fingerprint density at radius 3 is 2.31 bits per heavy atom. The molecule has 0 spiro atoms. The maximum atomic E-state index is 12.9. The molecule has 1 rings (SSSR count). The molecule has 0 aliphatic rings. The van der Waals surface area contributed by atoms with Gasteiger partial charge in [-0.15, -0.1) is 24.0 Å². The van der Waals surface area contributed by atoms with Crippen molar-refractivity contribution in [1.82, 2.24) is 16.0 Å². The number of guanidine groups is 1. The summed E-state index contributed by atoms with van der Waals surface area (Å²) < 4.78 is 18.6. The first-order valence-electron chi connectivity index (χ1n) is 8.64. The Morgan fingerprint density at radius 2 is 1.73 bits per heavy atom. The molecule has 0 fully saturated rings. The first-order chi connectivity index (χ1) is 11.9. The monoisotopic (exact) mass is 480 g/mol. The van der Waals surface area contributed by atoms with E-state index >= 15 is 0 Å². The molecule has 1 aromatic rings. The van der Waals surface area contributed by atoms with Gasteiger partial charge in [0, 0.05) is 25.6 Å². The zero-order valence-corrected chi connectivity index (χ0v) is 18.2. The highest BCUT2D eigenvalue weighted by Crippen LogP contribution is 2.12. The van der Waals surface area contributed by atoms with Crippen LogP contribution in [0.1, 0.15) is 27.7 Å². The SMILES string of the molecule is CCNC(=NCC(C)Oc1ccc(F)cc1)NCCNC(=O)C(C)C.I. The van der Waals surface area contributed by atoms with Crippen molar-refractivity contribution in [3.05, 3.63) is 30.1 Å². The van der Waals surface area contributed by atoms with E-state index in [4.69, 9.17) is 4.74 Å². The molecule has 3 N–H and O–H groups in total. The van der Waals surface area contributed by atoms with Crippen LogP contribution in [-0.2, 0) is 4.79 Å². The van der Waals surface area contributed by atoms with Crippen molar-refractivity contribution in [2.45, 2.75) is 33.8 Å². The molecular weight excluding hydrogens is 450 g/mol. The fraction of sp³-hybridized carbons (Fsp3) is 0.556. The maximum absolute atomic E-state index is 12.9. The molecule has 6 nitrogen and oxygen atoms in total. The van der Waals surface area contributed by atoms with Crippen molar-refractivity contribution in [2.75, 3.05) is 26.2 Å². The molecule has 8 heteroatoms. The van der Waals surface area contributed by atoms with Gasteiger partial charge >= 0.3 is 0 Å². The van der Waals surface area contributed by atoms with Crippen LogP contribution >= 0.6 is 24.0 Å². The smallest absolute Gasteiger partial charge is 0.222 e. The maximum Gasteiger partial charge on any atom is 0.222 e. The van der Waals surface area contributed by atoms with Crippen LogP contribution in [0.15, 0.2) is 29.3 Å². The number of halogens is 2. The summed E-state index contributed by atoms with van der Waals surface area (Å²) in [7, 11) is 0. The average Bonchev–Trinajstić information content (AvgIpc) is 2.58. The number of ether oxygens (including phenoxy) is 1. The minimum atomic E-state index is -0.291. The summed E-state index contributed by atoms with van der Waals surface area (Å²) in [4.78, 5) is 16.0. The number of nitrogens with one attached hydrogen (secondary N) is 3. The third kappa shape index (κ3) is 10.4. The van der Waals surface area contributed by atoms with Gasteiger partial charge in [0.05, 0.1) is 6.54 Å². The summed E-state index contributed by atoms with van der Waals surface area (Å²) in [5.41, 5.74) is 0. The van der Waals surface area contributed by atoms with E-state index in [1.165, 1.54) is 12.1 Å². The fourth-order valence-electron chi connectivity index (χ4n) is 1.92. The topological polar surface area (TPSA) is 74.8 Å². The second kappa shape index (κ2) is 13.6. The minimum absolute atomic E-state index is 0. The predicted octanol–water partition coefficient (Wildman–Crippen LogP) is 2.54. The molecular formula is C18H30FIN4O2. The molecule has 1 unspecified atom stereocenters. The predicted molar refractivity (Wildman–Crippen MR) is 114 cm³/mol. The largest absolute Gasteiger partial charge is 0.489 e. The number of nitrogens with zero attached hydrogens (tertiary/aromatic N) is 1. The normalized spacial score (nSPS) is 12.2. The Bertz CT molecular complexity index is 553. The average molecular weight is 480 g/mol. The van der Waals surface area contributed by atoms with E-state index < -0.39 is 0 Å². The molecule has 0 aromatic heterocycles. The van der Waals surface area contributed by atoms with Crippen molar-refractivity contribution in [2.24, 2.45) is 10.9 Å². The Hall–Kier alpha value is -1.58. The Balaban J connectivity index is 0.00000625. The second-order valence-corrected chi connectivity index (χ2v) is 5.97. The van der Waals surface area contributed by atoms with Gasteiger partial charge in [-0.3, -0.25) is 4.79 Å². The lowest BCUT2D eigenvalue weighted by Crippen LogP contribution is -2.42. The highest BCUT2D eigenvalue weighted by Gasteiger charge is 2.06. The number of hydrogen-bond donors (Lipinski definition) is 3. The molecule has 0 bridgehead atoms. The van der Waals surface area contributed by atoms with E-state index in [0.717, 1.165) is 6.54 Å². The fourth-order valence-corrected chi connectivity index (χ4v) is 1.92. The summed E-state index contributed by atoms with van der Waals surface area (Å²) in [6.45, 7) is 9.89. The number of rotatable bonds is 9. The minimum Gasteiger partial charge on any atom is -0.489 e. The lowest BCUT2D eigenvalue weighted by molar-refractivity contribution is -0.123. The second-order valence-electron chi connectivity index (χ2n) is 5.97. The number of amides is 1. The van der Waals surface area contributed by atoms with Crippen molar-refractivity contribution < 1.29 is 13.9 Å². The van der Waals surface area contributed by atoms with Gasteiger partial charge in [-0.05, 0) is 38.1 Å². The van der Waals surface area contributed by atoms with Crippen LogP contribution in [0.5, 0.6) is 5.75 Å². The van der Waals surface area contributed by atoms with Gasteiger partial charge in [0.1, 0.15) is 17.7 Å². The molecule has 0 saturated heterocycles. The van der Waals surface area contributed by atoms with Crippen LogP contribution in [0.25, 0.3) is 0 Å². The van der Waals surface area contributed by atoms with E-state index in [-0.39, 0.29) is 47.7 Å². The van der Waals surface area contributed by atoms with Crippen LogP contribution in [0, 0.1) is 11.7 Å². The zero-order chi connectivity index (χ0) is 18.7. The first-order valence-corrected chi connectivity index (χ1v) is 8.64. The summed E-state index contributed by atoms with van der Waals surface area (Å²) in [5, 5.41) is 9.14. The molecule has 0 aliphatic carbocycles. The van der Waals surface area contributed by atoms with Crippen LogP contribution in [0.3, 0.4) is 0 Å². The highest BCUT2D eigenvalue weighted by atomic mass is 127. The van der Waals surface area contributed by atoms with Gasteiger partial charge < -0.3 is 20.7 Å².